The Hall–Kier alpha value is -1.45. The predicted molar refractivity (Wildman–Crippen MR) is 48.8 cm³/mol. The molecule has 1 saturated heterocycles. The molecule has 1 aliphatic rings. The van der Waals surface area contributed by atoms with Crippen molar-refractivity contribution in [2.45, 2.75) is 6.92 Å². The topological polar surface area (TPSA) is 46.1 Å². The molecule has 4 heteroatoms. The molecule has 1 aromatic rings. The van der Waals surface area contributed by atoms with Crippen LogP contribution in [0.4, 0.5) is 5.95 Å². The fraction of sp³-hybridized carbons (Fsp3) is 0.444. The third kappa shape index (κ3) is 1.52. The average molecular weight is 177 g/mol. The maximum Gasteiger partial charge on any atom is 0.225 e. The molecule has 1 aromatic heterocycles. The highest BCUT2D eigenvalue weighted by Crippen LogP contribution is 2.19. The van der Waals surface area contributed by atoms with Gasteiger partial charge in [0.1, 0.15) is 0 Å². The fourth-order valence-electron chi connectivity index (χ4n) is 1.42. The number of nitrogens with zero attached hydrogens (tertiary/aromatic N) is 3. The minimum atomic E-state index is 0.525. The van der Waals surface area contributed by atoms with Crippen LogP contribution in [-0.4, -0.2) is 29.3 Å². The van der Waals surface area contributed by atoms with Crippen molar-refractivity contribution in [3.63, 3.8) is 0 Å². The molecule has 1 fully saturated rings. The summed E-state index contributed by atoms with van der Waals surface area (Å²) in [5, 5.41) is 0. The second-order valence-corrected chi connectivity index (χ2v) is 3.44. The van der Waals surface area contributed by atoms with Crippen LogP contribution in [0.2, 0.25) is 0 Å². The van der Waals surface area contributed by atoms with Gasteiger partial charge in [-0.25, -0.2) is 9.97 Å². The minimum Gasteiger partial charge on any atom is -0.340 e. The minimum absolute atomic E-state index is 0.525. The number of carbonyl (C=O) groups excluding carboxylic acids is 1. The van der Waals surface area contributed by atoms with Crippen molar-refractivity contribution >= 4 is 12.2 Å². The van der Waals surface area contributed by atoms with Crippen LogP contribution in [0.25, 0.3) is 0 Å². The number of aldehydes is 1. The van der Waals surface area contributed by atoms with E-state index in [0.717, 1.165) is 31.2 Å². The van der Waals surface area contributed by atoms with Crippen molar-refractivity contribution in [3.8, 4) is 0 Å². The maximum absolute atomic E-state index is 10.3. The van der Waals surface area contributed by atoms with Crippen LogP contribution in [0.3, 0.4) is 0 Å². The van der Waals surface area contributed by atoms with E-state index >= 15 is 0 Å². The highest BCUT2D eigenvalue weighted by molar-refractivity contribution is 5.73. The molecule has 0 saturated carbocycles. The van der Waals surface area contributed by atoms with Gasteiger partial charge in [0, 0.05) is 25.5 Å². The molecule has 0 spiro atoms. The summed E-state index contributed by atoms with van der Waals surface area (Å²) in [6.07, 6.45) is 3.86. The zero-order chi connectivity index (χ0) is 9.26. The second kappa shape index (κ2) is 3.12. The molecular formula is C9H11N3O. The lowest BCUT2D eigenvalue weighted by Crippen LogP contribution is -2.46. The SMILES string of the molecule is CC1CN(c2ncc(C=O)cn2)C1. The summed E-state index contributed by atoms with van der Waals surface area (Å²) in [5.41, 5.74) is 0.525. The Morgan fingerprint density at radius 3 is 2.54 bits per heavy atom. The molecule has 0 unspecified atom stereocenters. The van der Waals surface area contributed by atoms with Crippen molar-refractivity contribution in [1.82, 2.24) is 9.97 Å². The third-order valence-electron chi connectivity index (χ3n) is 2.14. The van der Waals surface area contributed by atoms with E-state index in [0.29, 0.717) is 5.56 Å². The lowest BCUT2D eigenvalue weighted by molar-refractivity contribution is 0.112. The summed E-state index contributed by atoms with van der Waals surface area (Å²) in [6, 6.07) is 0. The largest absolute Gasteiger partial charge is 0.340 e. The first-order valence-corrected chi connectivity index (χ1v) is 4.32. The number of hydrogen-bond acceptors (Lipinski definition) is 4. The highest BCUT2D eigenvalue weighted by Gasteiger charge is 2.24. The van der Waals surface area contributed by atoms with Crippen molar-refractivity contribution in [2.24, 2.45) is 5.92 Å². The standard InChI is InChI=1S/C9H11N3O/c1-7-4-12(5-7)9-10-2-8(6-13)3-11-9/h2-3,6-7H,4-5H2,1H3. The lowest BCUT2D eigenvalue weighted by atomic mass is 10.0. The summed E-state index contributed by atoms with van der Waals surface area (Å²) in [7, 11) is 0. The first-order chi connectivity index (χ1) is 6.29. The van der Waals surface area contributed by atoms with Crippen LogP contribution < -0.4 is 4.90 Å². The molecule has 13 heavy (non-hydrogen) atoms. The monoisotopic (exact) mass is 177 g/mol. The van der Waals surface area contributed by atoms with Crippen molar-refractivity contribution in [2.75, 3.05) is 18.0 Å². The summed E-state index contributed by atoms with van der Waals surface area (Å²) in [6.45, 7) is 4.22. The van der Waals surface area contributed by atoms with Gasteiger partial charge in [-0.05, 0) is 5.92 Å². The number of anilines is 1. The quantitative estimate of drug-likeness (QED) is 0.625. The Morgan fingerprint density at radius 1 is 1.46 bits per heavy atom. The maximum atomic E-state index is 10.3. The number of aromatic nitrogens is 2. The van der Waals surface area contributed by atoms with E-state index < -0.39 is 0 Å². The molecule has 0 aliphatic carbocycles. The van der Waals surface area contributed by atoms with Gasteiger partial charge in [0.25, 0.3) is 0 Å². The molecule has 0 amide bonds. The van der Waals surface area contributed by atoms with E-state index in [1.165, 1.54) is 0 Å². The van der Waals surface area contributed by atoms with Crippen LogP contribution in [-0.2, 0) is 0 Å². The van der Waals surface area contributed by atoms with Crippen molar-refractivity contribution in [1.29, 1.82) is 0 Å². The number of rotatable bonds is 2. The smallest absolute Gasteiger partial charge is 0.225 e. The first-order valence-electron chi connectivity index (χ1n) is 4.32. The number of hydrogen-bond donors (Lipinski definition) is 0. The Balaban J connectivity index is 2.10. The zero-order valence-corrected chi connectivity index (χ0v) is 7.47. The molecule has 0 bridgehead atoms. The second-order valence-electron chi connectivity index (χ2n) is 3.44. The molecule has 4 nitrogen and oxygen atoms in total. The molecule has 0 aromatic carbocycles. The van der Waals surface area contributed by atoms with Gasteiger partial charge in [-0.3, -0.25) is 4.79 Å². The molecule has 0 N–H and O–H groups in total. The normalized spacial score (nSPS) is 16.8. The molecule has 2 rings (SSSR count). The van der Waals surface area contributed by atoms with E-state index in [1.807, 2.05) is 0 Å². The van der Waals surface area contributed by atoms with Crippen molar-refractivity contribution in [3.05, 3.63) is 18.0 Å². The van der Waals surface area contributed by atoms with Crippen LogP contribution in [0.5, 0.6) is 0 Å². The van der Waals surface area contributed by atoms with Gasteiger partial charge in [-0.1, -0.05) is 6.92 Å². The Kier molecular flexibility index (Phi) is 1.96. The zero-order valence-electron chi connectivity index (χ0n) is 7.47. The van der Waals surface area contributed by atoms with E-state index in [1.54, 1.807) is 12.4 Å². The summed E-state index contributed by atoms with van der Waals surface area (Å²) >= 11 is 0. The summed E-state index contributed by atoms with van der Waals surface area (Å²) < 4.78 is 0. The Bertz CT molecular complexity index is 303. The Morgan fingerprint density at radius 2 is 2.08 bits per heavy atom. The van der Waals surface area contributed by atoms with E-state index in [-0.39, 0.29) is 0 Å². The molecule has 2 heterocycles. The third-order valence-corrected chi connectivity index (χ3v) is 2.14. The van der Waals surface area contributed by atoms with E-state index in [4.69, 9.17) is 0 Å². The molecule has 1 aliphatic heterocycles. The Labute approximate surface area is 76.6 Å². The predicted octanol–water partition coefficient (Wildman–Crippen LogP) is 0.745. The van der Waals surface area contributed by atoms with Gasteiger partial charge in [-0.15, -0.1) is 0 Å². The van der Waals surface area contributed by atoms with Gasteiger partial charge < -0.3 is 4.90 Å². The molecule has 0 atom stereocenters. The van der Waals surface area contributed by atoms with Gasteiger partial charge >= 0.3 is 0 Å². The highest BCUT2D eigenvalue weighted by atomic mass is 16.1. The van der Waals surface area contributed by atoms with Crippen LogP contribution in [0, 0.1) is 5.92 Å². The summed E-state index contributed by atoms with van der Waals surface area (Å²) in [5.74, 6) is 1.46. The van der Waals surface area contributed by atoms with Crippen LogP contribution >= 0.6 is 0 Å². The van der Waals surface area contributed by atoms with Crippen LogP contribution in [0.15, 0.2) is 12.4 Å². The molecule has 68 valence electrons. The van der Waals surface area contributed by atoms with E-state index in [2.05, 4.69) is 21.8 Å². The lowest BCUT2D eigenvalue weighted by Gasteiger charge is -2.36. The first kappa shape index (κ1) is 8.16. The van der Waals surface area contributed by atoms with E-state index in [9.17, 15) is 4.79 Å². The van der Waals surface area contributed by atoms with Gasteiger partial charge in [0.2, 0.25) is 5.95 Å². The molecule has 0 radical (unpaired) electrons. The van der Waals surface area contributed by atoms with Gasteiger partial charge in [0.15, 0.2) is 6.29 Å². The van der Waals surface area contributed by atoms with Gasteiger partial charge in [0.05, 0.1) is 5.56 Å². The average Bonchev–Trinajstić information content (AvgIpc) is 2.13. The summed E-state index contributed by atoms with van der Waals surface area (Å²) in [4.78, 5) is 20.6. The van der Waals surface area contributed by atoms with Crippen molar-refractivity contribution < 1.29 is 4.79 Å². The number of carbonyl (C=O) groups is 1. The van der Waals surface area contributed by atoms with Crippen LogP contribution in [0.1, 0.15) is 17.3 Å². The molecular weight excluding hydrogens is 166 g/mol. The fourth-order valence-corrected chi connectivity index (χ4v) is 1.42. The van der Waals surface area contributed by atoms with Gasteiger partial charge in [-0.2, -0.15) is 0 Å².